The number of ether oxygens (including phenoxy) is 1. The summed E-state index contributed by atoms with van der Waals surface area (Å²) < 4.78 is 5.53. The Morgan fingerprint density at radius 1 is 1.32 bits per heavy atom. The maximum absolute atomic E-state index is 5.53. The van der Waals surface area contributed by atoms with Crippen LogP contribution in [0.15, 0.2) is 35.2 Å². The molecule has 0 amide bonds. The van der Waals surface area contributed by atoms with Crippen LogP contribution < -0.4 is 10.6 Å². The second-order valence-electron chi connectivity index (χ2n) is 4.43. The van der Waals surface area contributed by atoms with Crippen molar-refractivity contribution in [2.45, 2.75) is 23.8 Å². The van der Waals surface area contributed by atoms with Gasteiger partial charge >= 0.3 is 0 Å². The fraction of sp³-hybridized carbons (Fsp3) is 0.500. The molecule has 19 heavy (non-hydrogen) atoms. The molecular weight excluding hydrogens is 276 g/mol. The van der Waals surface area contributed by atoms with Crippen LogP contribution in [0.25, 0.3) is 0 Å². The van der Waals surface area contributed by atoms with E-state index < -0.39 is 0 Å². The van der Waals surface area contributed by atoms with Gasteiger partial charge in [-0.2, -0.15) is 0 Å². The van der Waals surface area contributed by atoms with Crippen LogP contribution in [-0.2, 0) is 4.74 Å². The highest BCUT2D eigenvalue weighted by Crippen LogP contribution is 2.15. The maximum atomic E-state index is 5.53. The normalized spacial score (nSPS) is 18.2. The maximum Gasteiger partial charge on any atom is 0.166 e. The lowest BCUT2D eigenvalue weighted by Crippen LogP contribution is -2.40. The molecule has 0 aliphatic carbocycles. The average Bonchev–Trinajstić information content (AvgIpc) is 2.96. The first-order valence-corrected chi connectivity index (χ1v) is 8.05. The zero-order chi connectivity index (χ0) is 13.3. The first-order chi connectivity index (χ1) is 9.34. The summed E-state index contributed by atoms with van der Waals surface area (Å²) in [5.41, 5.74) is 0. The van der Waals surface area contributed by atoms with Gasteiger partial charge in [-0.3, -0.25) is 0 Å². The standard InChI is InChI=1S/C14H20N2OS2/c18-14(16-11-12-5-4-9-17-12)15-8-10-19-13-6-2-1-3-7-13/h1-3,6-7,12H,4-5,8-11H2,(H2,15,16,18)/t12-/m0/s1. The summed E-state index contributed by atoms with van der Waals surface area (Å²) in [5, 5.41) is 7.16. The molecule has 0 bridgehead atoms. The fourth-order valence-electron chi connectivity index (χ4n) is 1.92. The van der Waals surface area contributed by atoms with E-state index >= 15 is 0 Å². The number of hydrogen-bond donors (Lipinski definition) is 2. The van der Waals surface area contributed by atoms with Crippen molar-refractivity contribution >= 4 is 29.1 Å². The van der Waals surface area contributed by atoms with E-state index in [1.165, 1.54) is 11.3 Å². The van der Waals surface area contributed by atoms with Crippen LogP contribution >= 0.6 is 24.0 Å². The van der Waals surface area contributed by atoms with Gasteiger partial charge < -0.3 is 15.4 Å². The highest BCUT2D eigenvalue weighted by Gasteiger charge is 2.14. The van der Waals surface area contributed by atoms with Crippen LogP contribution in [0.1, 0.15) is 12.8 Å². The van der Waals surface area contributed by atoms with Crippen molar-refractivity contribution in [3.8, 4) is 0 Å². The van der Waals surface area contributed by atoms with E-state index in [2.05, 4.69) is 34.9 Å². The second-order valence-corrected chi connectivity index (χ2v) is 6.01. The number of thiocarbonyl (C=S) groups is 1. The Hall–Kier alpha value is -0.780. The highest BCUT2D eigenvalue weighted by atomic mass is 32.2. The summed E-state index contributed by atoms with van der Waals surface area (Å²) in [4.78, 5) is 1.29. The molecular formula is C14H20N2OS2. The van der Waals surface area contributed by atoms with Crippen molar-refractivity contribution in [2.75, 3.05) is 25.4 Å². The van der Waals surface area contributed by atoms with Crippen LogP contribution in [0.2, 0.25) is 0 Å². The Morgan fingerprint density at radius 3 is 2.89 bits per heavy atom. The number of thioether (sulfide) groups is 1. The summed E-state index contributed by atoms with van der Waals surface area (Å²) in [5.74, 6) is 1.01. The summed E-state index contributed by atoms with van der Waals surface area (Å²) in [6.07, 6.45) is 2.64. The quantitative estimate of drug-likeness (QED) is 0.479. The van der Waals surface area contributed by atoms with Crippen LogP contribution in [0.5, 0.6) is 0 Å². The minimum absolute atomic E-state index is 0.332. The monoisotopic (exact) mass is 296 g/mol. The minimum Gasteiger partial charge on any atom is -0.376 e. The van der Waals surface area contributed by atoms with Crippen molar-refractivity contribution in [3.63, 3.8) is 0 Å². The van der Waals surface area contributed by atoms with Crippen LogP contribution in [0.4, 0.5) is 0 Å². The van der Waals surface area contributed by atoms with E-state index in [4.69, 9.17) is 17.0 Å². The molecule has 3 nitrogen and oxygen atoms in total. The van der Waals surface area contributed by atoms with E-state index in [1.807, 2.05) is 17.8 Å². The lowest BCUT2D eigenvalue weighted by molar-refractivity contribution is 0.114. The SMILES string of the molecule is S=C(NCCSc1ccccc1)NC[C@@H]1CCCO1. The molecule has 1 fully saturated rings. The molecule has 1 saturated heterocycles. The molecule has 0 unspecified atom stereocenters. The molecule has 5 heteroatoms. The zero-order valence-corrected chi connectivity index (χ0v) is 12.6. The number of hydrogen-bond acceptors (Lipinski definition) is 3. The summed E-state index contributed by atoms with van der Waals surface area (Å²) in [6, 6.07) is 10.4. The van der Waals surface area contributed by atoms with Crippen molar-refractivity contribution < 1.29 is 4.74 Å². The molecule has 1 atom stereocenters. The number of benzene rings is 1. The first kappa shape index (κ1) is 14.6. The molecule has 104 valence electrons. The van der Waals surface area contributed by atoms with Gasteiger partial charge in [-0.15, -0.1) is 11.8 Å². The third-order valence-corrected chi connectivity index (χ3v) is 4.22. The average molecular weight is 296 g/mol. The fourth-order valence-corrected chi connectivity index (χ4v) is 2.90. The van der Waals surface area contributed by atoms with E-state index in [0.717, 1.165) is 37.0 Å². The largest absolute Gasteiger partial charge is 0.376 e. The predicted molar refractivity (Wildman–Crippen MR) is 84.7 cm³/mol. The summed E-state index contributed by atoms with van der Waals surface area (Å²) in [6.45, 7) is 2.58. The van der Waals surface area contributed by atoms with E-state index in [-0.39, 0.29) is 0 Å². The molecule has 0 radical (unpaired) electrons. The third kappa shape index (κ3) is 5.80. The molecule has 1 aromatic rings. The molecule has 1 aliphatic rings. The molecule has 0 spiro atoms. The topological polar surface area (TPSA) is 33.3 Å². The smallest absolute Gasteiger partial charge is 0.166 e. The van der Waals surface area contributed by atoms with Crippen molar-refractivity contribution in [1.29, 1.82) is 0 Å². The van der Waals surface area contributed by atoms with Gasteiger partial charge in [0.1, 0.15) is 0 Å². The Kier molecular flexibility index (Phi) is 6.47. The first-order valence-electron chi connectivity index (χ1n) is 6.66. The van der Waals surface area contributed by atoms with Gasteiger partial charge in [-0.05, 0) is 37.2 Å². The molecule has 2 N–H and O–H groups in total. The van der Waals surface area contributed by atoms with Crippen LogP contribution in [0, 0.1) is 0 Å². The second kappa shape index (κ2) is 8.40. The van der Waals surface area contributed by atoms with E-state index in [0.29, 0.717) is 6.10 Å². The van der Waals surface area contributed by atoms with Gasteiger partial charge in [-0.1, -0.05) is 18.2 Å². The van der Waals surface area contributed by atoms with Gasteiger partial charge in [0.25, 0.3) is 0 Å². The van der Waals surface area contributed by atoms with Gasteiger partial charge in [-0.25, -0.2) is 0 Å². The Bertz CT molecular complexity index is 380. The van der Waals surface area contributed by atoms with Crippen molar-refractivity contribution in [3.05, 3.63) is 30.3 Å². The molecule has 1 aromatic carbocycles. The van der Waals surface area contributed by atoms with Crippen LogP contribution in [-0.4, -0.2) is 36.7 Å². The van der Waals surface area contributed by atoms with Gasteiger partial charge in [0.2, 0.25) is 0 Å². The zero-order valence-electron chi connectivity index (χ0n) is 10.9. The van der Waals surface area contributed by atoms with Gasteiger partial charge in [0, 0.05) is 30.3 Å². The highest BCUT2D eigenvalue weighted by molar-refractivity contribution is 7.99. The Morgan fingerprint density at radius 2 is 2.16 bits per heavy atom. The van der Waals surface area contributed by atoms with Crippen molar-refractivity contribution in [1.82, 2.24) is 10.6 Å². The van der Waals surface area contributed by atoms with E-state index in [9.17, 15) is 0 Å². The number of nitrogens with one attached hydrogen (secondary N) is 2. The van der Waals surface area contributed by atoms with E-state index in [1.54, 1.807) is 0 Å². The molecule has 0 saturated carbocycles. The molecule has 2 rings (SSSR count). The summed E-state index contributed by atoms with van der Waals surface area (Å²) in [7, 11) is 0. The predicted octanol–water partition coefficient (Wildman–Crippen LogP) is 2.42. The Balaban J connectivity index is 1.51. The lowest BCUT2D eigenvalue weighted by Gasteiger charge is -2.13. The number of rotatable bonds is 6. The van der Waals surface area contributed by atoms with Gasteiger partial charge in [0.15, 0.2) is 5.11 Å². The lowest BCUT2D eigenvalue weighted by atomic mass is 10.2. The Labute approximate surface area is 124 Å². The third-order valence-electron chi connectivity index (χ3n) is 2.91. The van der Waals surface area contributed by atoms with Gasteiger partial charge in [0.05, 0.1) is 6.10 Å². The summed E-state index contributed by atoms with van der Waals surface area (Å²) >= 11 is 7.06. The molecule has 1 aliphatic heterocycles. The molecule has 0 aromatic heterocycles. The minimum atomic E-state index is 0.332. The van der Waals surface area contributed by atoms with Crippen molar-refractivity contribution in [2.24, 2.45) is 0 Å². The molecule has 1 heterocycles. The van der Waals surface area contributed by atoms with Crippen LogP contribution in [0.3, 0.4) is 0 Å².